The average molecular weight is 299 g/mol. The third-order valence-corrected chi connectivity index (χ3v) is 4.07. The van der Waals surface area contributed by atoms with Crippen LogP contribution in [0.2, 0.25) is 5.02 Å². The number of nitrogens with one attached hydrogen (secondary N) is 1. The summed E-state index contributed by atoms with van der Waals surface area (Å²) in [6, 6.07) is 4.99. The van der Waals surface area contributed by atoms with Gasteiger partial charge in [0, 0.05) is 22.9 Å². The summed E-state index contributed by atoms with van der Waals surface area (Å²) in [5.74, 6) is -0.248. The molecule has 0 aliphatic rings. The average Bonchev–Trinajstić information content (AvgIpc) is 2.77. The zero-order valence-corrected chi connectivity index (χ0v) is 12.5. The second-order valence-electron chi connectivity index (χ2n) is 4.49. The van der Waals surface area contributed by atoms with Crippen molar-refractivity contribution in [3.8, 4) is 0 Å². The number of likely N-dealkylation sites (N-methyl/N-ethyl adjacent to an activating group) is 1. The standard InChI is InChI=1S/C14H16ClFN2S/c1-9-18-13(8-19-9)7-12(17-2)5-10-3-4-11(15)6-14(10)16/h3-4,6,8,12,17H,5,7H2,1-2H3. The normalized spacial score (nSPS) is 12.6. The van der Waals surface area contributed by atoms with Gasteiger partial charge in [-0.1, -0.05) is 17.7 Å². The quantitative estimate of drug-likeness (QED) is 0.912. The maximum atomic E-state index is 13.8. The van der Waals surface area contributed by atoms with E-state index in [1.54, 1.807) is 23.5 Å². The second kappa shape index (κ2) is 6.46. The highest BCUT2D eigenvalue weighted by molar-refractivity contribution is 7.09. The third-order valence-electron chi connectivity index (χ3n) is 3.01. The summed E-state index contributed by atoms with van der Waals surface area (Å²) >= 11 is 7.39. The lowest BCUT2D eigenvalue weighted by Crippen LogP contribution is -2.30. The second-order valence-corrected chi connectivity index (χ2v) is 5.99. The van der Waals surface area contributed by atoms with Crippen molar-refractivity contribution in [1.82, 2.24) is 10.3 Å². The molecule has 0 saturated carbocycles. The maximum Gasteiger partial charge on any atom is 0.127 e. The zero-order chi connectivity index (χ0) is 13.8. The van der Waals surface area contributed by atoms with Crippen LogP contribution in [-0.4, -0.2) is 18.1 Å². The first-order chi connectivity index (χ1) is 9.08. The van der Waals surface area contributed by atoms with Crippen molar-refractivity contribution in [3.63, 3.8) is 0 Å². The molecule has 1 aromatic carbocycles. The molecule has 102 valence electrons. The smallest absolute Gasteiger partial charge is 0.127 e. The molecule has 1 heterocycles. The molecule has 1 N–H and O–H groups in total. The van der Waals surface area contributed by atoms with Gasteiger partial charge in [0.1, 0.15) is 5.82 Å². The van der Waals surface area contributed by atoms with E-state index in [0.29, 0.717) is 17.0 Å². The molecule has 0 saturated heterocycles. The molecule has 0 spiro atoms. The molecule has 1 unspecified atom stereocenters. The van der Waals surface area contributed by atoms with Crippen molar-refractivity contribution in [3.05, 3.63) is 50.7 Å². The molecule has 1 aromatic heterocycles. The van der Waals surface area contributed by atoms with Gasteiger partial charge >= 0.3 is 0 Å². The van der Waals surface area contributed by atoms with Crippen molar-refractivity contribution < 1.29 is 4.39 Å². The summed E-state index contributed by atoms with van der Waals surface area (Å²) in [5, 5.41) is 6.75. The van der Waals surface area contributed by atoms with Crippen LogP contribution in [0.25, 0.3) is 0 Å². The van der Waals surface area contributed by atoms with Gasteiger partial charge in [0.05, 0.1) is 10.7 Å². The first kappa shape index (κ1) is 14.4. The van der Waals surface area contributed by atoms with E-state index in [9.17, 15) is 4.39 Å². The van der Waals surface area contributed by atoms with E-state index in [-0.39, 0.29) is 11.9 Å². The van der Waals surface area contributed by atoms with Crippen LogP contribution in [0.1, 0.15) is 16.3 Å². The minimum Gasteiger partial charge on any atom is -0.316 e. The van der Waals surface area contributed by atoms with E-state index >= 15 is 0 Å². The predicted molar refractivity (Wildman–Crippen MR) is 78.5 cm³/mol. The summed E-state index contributed by atoms with van der Waals surface area (Å²) in [5.41, 5.74) is 1.73. The summed E-state index contributed by atoms with van der Waals surface area (Å²) in [4.78, 5) is 4.44. The summed E-state index contributed by atoms with van der Waals surface area (Å²) < 4.78 is 13.8. The predicted octanol–water partition coefficient (Wildman–Crippen LogP) is 3.62. The molecule has 0 fully saturated rings. The number of hydrogen-bond donors (Lipinski definition) is 1. The van der Waals surface area contributed by atoms with Gasteiger partial charge in [0.15, 0.2) is 0 Å². The molecule has 0 radical (unpaired) electrons. The summed E-state index contributed by atoms with van der Waals surface area (Å²) in [6.07, 6.45) is 1.42. The third kappa shape index (κ3) is 4.00. The van der Waals surface area contributed by atoms with Crippen LogP contribution in [0.15, 0.2) is 23.6 Å². The zero-order valence-electron chi connectivity index (χ0n) is 10.9. The van der Waals surface area contributed by atoms with Crippen LogP contribution in [0.4, 0.5) is 4.39 Å². The highest BCUT2D eigenvalue weighted by Gasteiger charge is 2.13. The largest absolute Gasteiger partial charge is 0.316 e. The minimum absolute atomic E-state index is 0.164. The molecule has 2 aromatic rings. The van der Waals surface area contributed by atoms with Crippen molar-refractivity contribution >= 4 is 22.9 Å². The molecule has 0 bridgehead atoms. The molecule has 0 aliphatic carbocycles. The number of thiazole rings is 1. The molecule has 0 amide bonds. The molecular weight excluding hydrogens is 283 g/mol. The Kier molecular flexibility index (Phi) is 4.91. The number of rotatable bonds is 5. The van der Waals surface area contributed by atoms with Crippen LogP contribution in [0, 0.1) is 12.7 Å². The fraction of sp³-hybridized carbons (Fsp3) is 0.357. The molecule has 2 nitrogen and oxygen atoms in total. The maximum absolute atomic E-state index is 13.8. The van der Waals surface area contributed by atoms with E-state index in [2.05, 4.69) is 15.7 Å². The van der Waals surface area contributed by atoms with Crippen LogP contribution in [0.5, 0.6) is 0 Å². The van der Waals surface area contributed by atoms with E-state index in [1.165, 1.54) is 6.07 Å². The topological polar surface area (TPSA) is 24.9 Å². The fourth-order valence-electron chi connectivity index (χ4n) is 1.98. The number of aromatic nitrogens is 1. The van der Waals surface area contributed by atoms with Gasteiger partial charge in [-0.3, -0.25) is 0 Å². The van der Waals surface area contributed by atoms with Gasteiger partial charge in [0.25, 0.3) is 0 Å². The Morgan fingerprint density at radius 1 is 1.42 bits per heavy atom. The first-order valence-electron chi connectivity index (χ1n) is 6.10. The Bertz CT molecular complexity index is 556. The lowest BCUT2D eigenvalue weighted by molar-refractivity contribution is 0.528. The lowest BCUT2D eigenvalue weighted by Gasteiger charge is -2.15. The Morgan fingerprint density at radius 3 is 2.79 bits per heavy atom. The van der Waals surface area contributed by atoms with Crippen LogP contribution >= 0.6 is 22.9 Å². The van der Waals surface area contributed by atoms with Gasteiger partial charge in [-0.15, -0.1) is 11.3 Å². The number of nitrogens with zero attached hydrogens (tertiary/aromatic N) is 1. The van der Waals surface area contributed by atoms with E-state index in [0.717, 1.165) is 17.1 Å². The number of hydrogen-bond acceptors (Lipinski definition) is 3. The molecule has 0 aliphatic heterocycles. The molecule has 1 atom stereocenters. The van der Waals surface area contributed by atoms with Crippen molar-refractivity contribution in [1.29, 1.82) is 0 Å². The molecule has 19 heavy (non-hydrogen) atoms. The van der Waals surface area contributed by atoms with E-state index < -0.39 is 0 Å². The Labute approximate surface area is 121 Å². The monoisotopic (exact) mass is 298 g/mol. The van der Waals surface area contributed by atoms with Gasteiger partial charge in [-0.25, -0.2) is 9.37 Å². The van der Waals surface area contributed by atoms with Crippen molar-refractivity contribution in [2.75, 3.05) is 7.05 Å². The highest BCUT2D eigenvalue weighted by atomic mass is 35.5. The molecule has 2 rings (SSSR count). The van der Waals surface area contributed by atoms with Gasteiger partial charge in [-0.2, -0.15) is 0 Å². The fourth-order valence-corrected chi connectivity index (χ4v) is 2.77. The van der Waals surface area contributed by atoms with Crippen LogP contribution < -0.4 is 5.32 Å². The van der Waals surface area contributed by atoms with Gasteiger partial charge in [0.2, 0.25) is 0 Å². The SMILES string of the molecule is CNC(Cc1csc(C)n1)Cc1ccc(Cl)cc1F. The Balaban J connectivity index is 2.06. The number of halogens is 2. The minimum atomic E-state index is -0.248. The number of benzene rings is 1. The van der Waals surface area contributed by atoms with Crippen molar-refractivity contribution in [2.24, 2.45) is 0 Å². The van der Waals surface area contributed by atoms with Crippen molar-refractivity contribution in [2.45, 2.75) is 25.8 Å². The lowest BCUT2D eigenvalue weighted by atomic mass is 10.0. The van der Waals surface area contributed by atoms with E-state index in [4.69, 9.17) is 11.6 Å². The Morgan fingerprint density at radius 2 is 2.21 bits per heavy atom. The van der Waals surface area contributed by atoms with Gasteiger partial charge < -0.3 is 5.32 Å². The molecular formula is C14H16ClFN2S. The first-order valence-corrected chi connectivity index (χ1v) is 7.36. The summed E-state index contributed by atoms with van der Waals surface area (Å²) in [7, 11) is 1.89. The Hall–Kier alpha value is -0.970. The van der Waals surface area contributed by atoms with Gasteiger partial charge in [-0.05, 0) is 38.1 Å². The van der Waals surface area contributed by atoms with E-state index in [1.807, 2.05) is 14.0 Å². The van der Waals surface area contributed by atoms with Crippen LogP contribution in [-0.2, 0) is 12.8 Å². The van der Waals surface area contributed by atoms with Crippen LogP contribution in [0.3, 0.4) is 0 Å². The number of aryl methyl sites for hydroxylation is 1. The summed E-state index contributed by atoms with van der Waals surface area (Å²) in [6.45, 7) is 1.99. The molecule has 5 heteroatoms. The highest BCUT2D eigenvalue weighted by Crippen LogP contribution is 2.17.